The molecule has 104 valence electrons. The molecule has 3 atom stereocenters. The summed E-state index contributed by atoms with van der Waals surface area (Å²) >= 11 is 0. The molecule has 18 heavy (non-hydrogen) atoms. The number of fused-ring (bicyclic) bond motifs is 2. The van der Waals surface area contributed by atoms with E-state index in [1.165, 1.54) is 12.8 Å². The lowest BCUT2D eigenvalue weighted by molar-refractivity contribution is -0.0931. The van der Waals surface area contributed by atoms with Crippen LogP contribution < -0.4 is 0 Å². The van der Waals surface area contributed by atoms with Crippen LogP contribution in [-0.4, -0.2) is 45.4 Å². The number of rotatable bonds is 1. The minimum absolute atomic E-state index is 0.0102. The van der Waals surface area contributed by atoms with Gasteiger partial charge in [0, 0.05) is 18.1 Å². The number of aliphatic hydroxyl groups is 1. The van der Waals surface area contributed by atoms with E-state index >= 15 is 0 Å². The minimum Gasteiger partial charge on any atom is -0.393 e. The van der Waals surface area contributed by atoms with Crippen LogP contribution in [0.4, 0.5) is 0 Å². The number of hydrogen-bond acceptors (Lipinski definition) is 3. The molecule has 0 aromatic carbocycles. The summed E-state index contributed by atoms with van der Waals surface area (Å²) in [6.07, 6.45) is 5.48. The Hall–Kier alpha value is -0.120. The van der Waals surface area contributed by atoms with Gasteiger partial charge in [0.1, 0.15) is 0 Å². The van der Waals surface area contributed by atoms with E-state index in [0.29, 0.717) is 18.1 Å². The third-order valence-corrected chi connectivity index (χ3v) is 5.15. The zero-order valence-corrected chi connectivity index (χ0v) is 12.1. The Morgan fingerprint density at radius 1 is 1.06 bits per heavy atom. The van der Waals surface area contributed by atoms with Crippen LogP contribution in [0, 0.1) is 0 Å². The van der Waals surface area contributed by atoms with Crippen molar-refractivity contribution >= 4 is 0 Å². The Morgan fingerprint density at radius 3 is 2.06 bits per heavy atom. The van der Waals surface area contributed by atoms with Crippen molar-refractivity contribution in [2.24, 2.45) is 0 Å². The highest BCUT2D eigenvalue weighted by atomic mass is 16.5. The number of ether oxygens (including phenoxy) is 1. The van der Waals surface area contributed by atoms with Crippen LogP contribution in [0.3, 0.4) is 0 Å². The summed E-state index contributed by atoms with van der Waals surface area (Å²) in [5.74, 6) is 0. The van der Waals surface area contributed by atoms with Crippen LogP contribution >= 0.6 is 0 Å². The molecule has 0 aliphatic carbocycles. The van der Waals surface area contributed by atoms with Crippen molar-refractivity contribution < 1.29 is 9.84 Å². The molecule has 3 saturated heterocycles. The van der Waals surface area contributed by atoms with Gasteiger partial charge in [0.25, 0.3) is 0 Å². The standard InChI is InChI=1S/C15H27NO2/c1-14(2)9-13(15(3,4)18-14)16-10-5-6-11(16)8-12(17)7-10/h10-13,17H,5-9H2,1-4H3. The second-order valence-corrected chi connectivity index (χ2v) is 7.64. The maximum atomic E-state index is 9.93. The maximum Gasteiger partial charge on any atom is 0.0789 e. The monoisotopic (exact) mass is 253 g/mol. The SMILES string of the molecule is CC1(C)CC(N2C3CCC2CC(O)C3)C(C)(C)O1. The quantitative estimate of drug-likeness (QED) is 0.778. The third kappa shape index (κ3) is 2.00. The van der Waals surface area contributed by atoms with Gasteiger partial charge in [0.2, 0.25) is 0 Å². The van der Waals surface area contributed by atoms with Gasteiger partial charge in [-0.05, 0) is 59.8 Å². The Labute approximate surface area is 110 Å². The Morgan fingerprint density at radius 2 is 1.61 bits per heavy atom. The first-order chi connectivity index (χ1) is 8.28. The average Bonchev–Trinajstić information content (AvgIpc) is 2.56. The fourth-order valence-electron chi connectivity index (χ4n) is 4.69. The van der Waals surface area contributed by atoms with Crippen LogP contribution in [0.1, 0.15) is 59.8 Å². The lowest BCUT2D eigenvalue weighted by atomic mass is 9.88. The molecule has 3 nitrogen and oxygen atoms in total. The van der Waals surface area contributed by atoms with Gasteiger partial charge >= 0.3 is 0 Å². The third-order valence-electron chi connectivity index (χ3n) is 5.15. The highest BCUT2D eigenvalue weighted by molar-refractivity contribution is 5.07. The van der Waals surface area contributed by atoms with Gasteiger partial charge in [-0.1, -0.05) is 0 Å². The van der Waals surface area contributed by atoms with E-state index in [0.717, 1.165) is 19.3 Å². The van der Waals surface area contributed by atoms with Gasteiger partial charge in [0.05, 0.1) is 17.3 Å². The number of nitrogens with zero attached hydrogens (tertiary/aromatic N) is 1. The molecule has 0 spiro atoms. The molecular weight excluding hydrogens is 226 g/mol. The summed E-state index contributed by atoms with van der Waals surface area (Å²) in [7, 11) is 0. The van der Waals surface area contributed by atoms with Gasteiger partial charge in [0.15, 0.2) is 0 Å². The summed E-state index contributed by atoms with van der Waals surface area (Å²) < 4.78 is 6.25. The maximum absolute atomic E-state index is 9.93. The first-order valence-electron chi connectivity index (χ1n) is 7.44. The van der Waals surface area contributed by atoms with Crippen LogP contribution in [0.15, 0.2) is 0 Å². The summed E-state index contributed by atoms with van der Waals surface area (Å²) in [5.41, 5.74) is -0.0731. The zero-order valence-electron chi connectivity index (χ0n) is 12.1. The van der Waals surface area contributed by atoms with E-state index < -0.39 is 0 Å². The fraction of sp³-hybridized carbons (Fsp3) is 1.00. The fourth-order valence-corrected chi connectivity index (χ4v) is 4.69. The highest BCUT2D eigenvalue weighted by Gasteiger charge is 2.54. The van der Waals surface area contributed by atoms with Gasteiger partial charge < -0.3 is 9.84 Å². The van der Waals surface area contributed by atoms with Gasteiger partial charge in [-0.2, -0.15) is 0 Å². The molecule has 3 fully saturated rings. The molecule has 0 radical (unpaired) electrons. The van der Waals surface area contributed by atoms with Crippen molar-refractivity contribution in [2.45, 2.75) is 95.2 Å². The molecule has 0 amide bonds. The van der Waals surface area contributed by atoms with E-state index in [4.69, 9.17) is 4.74 Å². The molecule has 0 aromatic rings. The molecule has 3 heteroatoms. The Balaban J connectivity index is 1.83. The number of hydrogen-bond donors (Lipinski definition) is 1. The first-order valence-corrected chi connectivity index (χ1v) is 7.44. The van der Waals surface area contributed by atoms with Gasteiger partial charge in [-0.25, -0.2) is 0 Å². The first kappa shape index (κ1) is 12.9. The smallest absolute Gasteiger partial charge is 0.0789 e. The predicted octanol–water partition coefficient (Wildman–Crippen LogP) is 2.32. The van der Waals surface area contributed by atoms with Crippen LogP contribution in [0.25, 0.3) is 0 Å². The van der Waals surface area contributed by atoms with Crippen molar-refractivity contribution in [3.8, 4) is 0 Å². The highest BCUT2D eigenvalue weighted by Crippen LogP contribution is 2.47. The Kier molecular flexibility index (Phi) is 2.82. The molecule has 2 bridgehead atoms. The summed E-state index contributed by atoms with van der Waals surface area (Å²) in [5, 5.41) is 9.93. The van der Waals surface area contributed by atoms with E-state index in [-0.39, 0.29) is 17.3 Å². The van der Waals surface area contributed by atoms with Crippen LogP contribution in [0.5, 0.6) is 0 Å². The molecule has 0 saturated carbocycles. The second kappa shape index (κ2) is 3.94. The van der Waals surface area contributed by atoms with E-state index in [2.05, 4.69) is 32.6 Å². The molecule has 1 N–H and O–H groups in total. The molecule has 3 unspecified atom stereocenters. The Bertz CT molecular complexity index is 325. The summed E-state index contributed by atoms with van der Waals surface area (Å²) in [4.78, 5) is 2.70. The molecule has 3 heterocycles. The number of aliphatic hydroxyl groups excluding tert-OH is 1. The lowest BCUT2D eigenvalue weighted by Gasteiger charge is -2.44. The molecular formula is C15H27NO2. The van der Waals surface area contributed by atoms with Crippen molar-refractivity contribution in [2.75, 3.05) is 0 Å². The molecule has 3 aliphatic heterocycles. The molecule has 3 rings (SSSR count). The summed E-state index contributed by atoms with van der Waals surface area (Å²) in [6, 6.07) is 1.68. The molecule has 0 aromatic heterocycles. The molecule has 3 aliphatic rings. The van der Waals surface area contributed by atoms with Crippen LogP contribution in [-0.2, 0) is 4.74 Å². The summed E-state index contributed by atoms with van der Waals surface area (Å²) in [6.45, 7) is 8.87. The van der Waals surface area contributed by atoms with E-state index in [1.807, 2.05) is 0 Å². The van der Waals surface area contributed by atoms with Crippen LogP contribution in [0.2, 0.25) is 0 Å². The second-order valence-electron chi connectivity index (χ2n) is 7.64. The van der Waals surface area contributed by atoms with Crippen molar-refractivity contribution in [3.63, 3.8) is 0 Å². The number of piperidine rings is 1. The van der Waals surface area contributed by atoms with Crippen molar-refractivity contribution in [3.05, 3.63) is 0 Å². The zero-order chi connectivity index (χ0) is 13.1. The predicted molar refractivity (Wildman–Crippen MR) is 71.5 cm³/mol. The van der Waals surface area contributed by atoms with Crippen molar-refractivity contribution in [1.29, 1.82) is 0 Å². The lowest BCUT2D eigenvalue weighted by Crippen LogP contribution is -2.55. The largest absolute Gasteiger partial charge is 0.393 e. The average molecular weight is 253 g/mol. The van der Waals surface area contributed by atoms with E-state index in [9.17, 15) is 5.11 Å². The van der Waals surface area contributed by atoms with Gasteiger partial charge in [-0.3, -0.25) is 4.90 Å². The topological polar surface area (TPSA) is 32.7 Å². The normalized spacial score (nSPS) is 46.5. The van der Waals surface area contributed by atoms with E-state index in [1.54, 1.807) is 0 Å². The van der Waals surface area contributed by atoms with Gasteiger partial charge in [-0.15, -0.1) is 0 Å². The minimum atomic E-state index is -0.0720. The van der Waals surface area contributed by atoms with Crippen molar-refractivity contribution in [1.82, 2.24) is 4.90 Å².